The van der Waals surface area contributed by atoms with Crippen LogP contribution in [-0.2, 0) is 4.74 Å². The van der Waals surface area contributed by atoms with Crippen molar-refractivity contribution in [1.29, 1.82) is 0 Å². The van der Waals surface area contributed by atoms with E-state index in [9.17, 15) is 0 Å². The summed E-state index contributed by atoms with van der Waals surface area (Å²) in [6.07, 6.45) is 4.95. The summed E-state index contributed by atoms with van der Waals surface area (Å²) in [5.74, 6) is 1.37. The van der Waals surface area contributed by atoms with Crippen LogP contribution >= 0.6 is 0 Å². The third-order valence-electron chi connectivity index (χ3n) is 3.91. The SMILES string of the molecule is COc1cc(OC2COC3(CCNCC3)C2)ccn1. The maximum absolute atomic E-state index is 6.01. The Kier molecular flexibility index (Phi) is 3.57. The van der Waals surface area contributed by atoms with Crippen LogP contribution < -0.4 is 14.8 Å². The highest BCUT2D eigenvalue weighted by Gasteiger charge is 2.42. The number of nitrogens with zero attached hydrogens (tertiary/aromatic N) is 1. The van der Waals surface area contributed by atoms with Gasteiger partial charge in [-0.1, -0.05) is 0 Å². The first kappa shape index (κ1) is 12.7. The van der Waals surface area contributed by atoms with Crippen LogP contribution in [0.4, 0.5) is 0 Å². The third kappa shape index (κ3) is 2.82. The molecule has 1 aromatic heterocycles. The molecule has 3 heterocycles. The molecule has 1 unspecified atom stereocenters. The summed E-state index contributed by atoms with van der Waals surface area (Å²) < 4.78 is 17.1. The van der Waals surface area contributed by atoms with E-state index in [4.69, 9.17) is 14.2 Å². The lowest BCUT2D eigenvalue weighted by Crippen LogP contribution is -2.41. The number of methoxy groups -OCH3 is 1. The van der Waals surface area contributed by atoms with E-state index in [0.29, 0.717) is 12.5 Å². The van der Waals surface area contributed by atoms with Gasteiger partial charge in [-0.05, 0) is 32.0 Å². The second-order valence-electron chi connectivity index (χ2n) is 5.22. The molecule has 2 aliphatic heterocycles. The zero-order valence-electron chi connectivity index (χ0n) is 11.2. The summed E-state index contributed by atoms with van der Waals surface area (Å²) in [6.45, 7) is 2.75. The van der Waals surface area contributed by atoms with Crippen LogP contribution in [0.15, 0.2) is 18.3 Å². The average molecular weight is 264 g/mol. The second kappa shape index (κ2) is 5.35. The standard InChI is InChI=1S/C14H20N2O3/c1-17-13-8-11(2-5-16-13)19-12-9-14(18-10-12)3-6-15-7-4-14/h2,5,8,12,15H,3-4,6-7,9-10H2,1H3. The molecule has 104 valence electrons. The van der Waals surface area contributed by atoms with Gasteiger partial charge in [0.1, 0.15) is 11.9 Å². The van der Waals surface area contributed by atoms with E-state index in [1.54, 1.807) is 13.3 Å². The Hall–Kier alpha value is -1.33. The summed E-state index contributed by atoms with van der Waals surface area (Å²) in [7, 11) is 1.61. The number of hydrogen-bond acceptors (Lipinski definition) is 5. The summed E-state index contributed by atoms with van der Waals surface area (Å²) in [5.41, 5.74) is 0.0348. The minimum Gasteiger partial charge on any atom is -0.488 e. The van der Waals surface area contributed by atoms with Gasteiger partial charge in [-0.2, -0.15) is 0 Å². The van der Waals surface area contributed by atoms with E-state index < -0.39 is 0 Å². The normalized spacial score (nSPS) is 25.4. The van der Waals surface area contributed by atoms with Gasteiger partial charge in [0.2, 0.25) is 5.88 Å². The van der Waals surface area contributed by atoms with E-state index in [0.717, 1.165) is 38.1 Å². The summed E-state index contributed by atoms with van der Waals surface area (Å²) in [4.78, 5) is 4.07. The van der Waals surface area contributed by atoms with E-state index in [-0.39, 0.29) is 11.7 Å². The van der Waals surface area contributed by atoms with Gasteiger partial charge < -0.3 is 19.5 Å². The number of nitrogens with one attached hydrogen (secondary N) is 1. The van der Waals surface area contributed by atoms with Crippen LogP contribution in [0.2, 0.25) is 0 Å². The largest absolute Gasteiger partial charge is 0.488 e. The molecule has 1 N–H and O–H groups in total. The van der Waals surface area contributed by atoms with E-state index in [1.165, 1.54) is 0 Å². The van der Waals surface area contributed by atoms with Crippen molar-refractivity contribution in [3.63, 3.8) is 0 Å². The number of ether oxygens (including phenoxy) is 3. The molecular weight excluding hydrogens is 244 g/mol. The van der Waals surface area contributed by atoms with Gasteiger partial charge in [0.05, 0.1) is 19.3 Å². The highest BCUT2D eigenvalue weighted by atomic mass is 16.6. The summed E-state index contributed by atoms with van der Waals surface area (Å²) >= 11 is 0. The average Bonchev–Trinajstić information content (AvgIpc) is 2.82. The van der Waals surface area contributed by atoms with Gasteiger partial charge >= 0.3 is 0 Å². The highest BCUT2D eigenvalue weighted by Crippen LogP contribution is 2.35. The van der Waals surface area contributed by atoms with Crippen LogP contribution in [-0.4, -0.2) is 43.5 Å². The fraction of sp³-hybridized carbons (Fsp3) is 0.643. The molecule has 0 aromatic carbocycles. The summed E-state index contributed by atoms with van der Waals surface area (Å²) in [6, 6.07) is 3.67. The molecule has 19 heavy (non-hydrogen) atoms. The molecule has 2 saturated heterocycles. The fourth-order valence-electron chi connectivity index (χ4n) is 2.88. The van der Waals surface area contributed by atoms with Crippen molar-refractivity contribution in [2.24, 2.45) is 0 Å². The number of rotatable bonds is 3. The molecule has 1 spiro atoms. The zero-order chi connectivity index (χ0) is 13.1. The van der Waals surface area contributed by atoms with Crippen LogP contribution in [0.3, 0.4) is 0 Å². The molecule has 2 fully saturated rings. The minimum absolute atomic E-state index is 0.0348. The predicted octanol–water partition coefficient (Wildman–Crippen LogP) is 1.38. The van der Waals surface area contributed by atoms with Crippen LogP contribution in [0, 0.1) is 0 Å². The van der Waals surface area contributed by atoms with Crippen molar-refractivity contribution in [2.75, 3.05) is 26.8 Å². The van der Waals surface area contributed by atoms with E-state index in [2.05, 4.69) is 10.3 Å². The third-order valence-corrected chi connectivity index (χ3v) is 3.91. The van der Waals surface area contributed by atoms with Crippen LogP contribution in [0.25, 0.3) is 0 Å². The molecule has 0 bridgehead atoms. The smallest absolute Gasteiger partial charge is 0.216 e. The first-order chi connectivity index (χ1) is 9.30. The lowest BCUT2D eigenvalue weighted by molar-refractivity contribution is -0.0205. The van der Waals surface area contributed by atoms with E-state index >= 15 is 0 Å². The van der Waals surface area contributed by atoms with Gasteiger partial charge in [-0.15, -0.1) is 0 Å². The molecule has 0 saturated carbocycles. The molecule has 1 atom stereocenters. The van der Waals surface area contributed by atoms with Gasteiger partial charge in [-0.3, -0.25) is 0 Å². The molecule has 2 aliphatic rings. The molecule has 0 amide bonds. The molecule has 5 heteroatoms. The minimum atomic E-state index is 0.0348. The maximum atomic E-state index is 6.01. The Labute approximate surface area is 113 Å². The fourth-order valence-corrected chi connectivity index (χ4v) is 2.88. The molecular formula is C14H20N2O3. The zero-order valence-corrected chi connectivity index (χ0v) is 11.2. The van der Waals surface area contributed by atoms with Crippen molar-refractivity contribution >= 4 is 0 Å². The Morgan fingerprint density at radius 3 is 3.05 bits per heavy atom. The van der Waals surface area contributed by atoms with Gasteiger partial charge in [-0.25, -0.2) is 4.98 Å². The number of piperidine rings is 1. The lowest BCUT2D eigenvalue weighted by atomic mass is 9.89. The van der Waals surface area contributed by atoms with Gasteiger partial charge in [0.25, 0.3) is 0 Å². The first-order valence-corrected chi connectivity index (χ1v) is 6.81. The predicted molar refractivity (Wildman–Crippen MR) is 70.6 cm³/mol. The number of aromatic nitrogens is 1. The second-order valence-corrected chi connectivity index (χ2v) is 5.22. The van der Waals surface area contributed by atoms with Gasteiger partial charge in [0, 0.05) is 18.7 Å². The Morgan fingerprint density at radius 1 is 1.42 bits per heavy atom. The number of hydrogen-bond donors (Lipinski definition) is 1. The van der Waals surface area contributed by atoms with Crippen LogP contribution in [0.5, 0.6) is 11.6 Å². The maximum Gasteiger partial charge on any atom is 0.216 e. The molecule has 5 nitrogen and oxygen atoms in total. The lowest BCUT2D eigenvalue weighted by Gasteiger charge is -2.32. The van der Waals surface area contributed by atoms with E-state index in [1.807, 2.05) is 12.1 Å². The molecule has 0 radical (unpaired) electrons. The van der Waals surface area contributed by atoms with Gasteiger partial charge in [0.15, 0.2) is 0 Å². The van der Waals surface area contributed by atoms with Crippen molar-refractivity contribution in [3.8, 4) is 11.6 Å². The van der Waals surface area contributed by atoms with Crippen molar-refractivity contribution in [2.45, 2.75) is 31.0 Å². The summed E-state index contributed by atoms with van der Waals surface area (Å²) in [5, 5.41) is 3.37. The highest BCUT2D eigenvalue weighted by molar-refractivity contribution is 5.26. The monoisotopic (exact) mass is 264 g/mol. The molecule has 1 aromatic rings. The van der Waals surface area contributed by atoms with Crippen molar-refractivity contribution < 1.29 is 14.2 Å². The van der Waals surface area contributed by atoms with Crippen LogP contribution in [0.1, 0.15) is 19.3 Å². The quantitative estimate of drug-likeness (QED) is 0.894. The van der Waals surface area contributed by atoms with Crippen molar-refractivity contribution in [3.05, 3.63) is 18.3 Å². The Bertz CT molecular complexity index is 432. The molecule has 0 aliphatic carbocycles. The Morgan fingerprint density at radius 2 is 2.26 bits per heavy atom. The first-order valence-electron chi connectivity index (χ1n) is 6.81. The van der Waals surface area contributed by atoms with Crippen molar-refractivity contribution in [1.82, 2.24) is 10.3 Å². The molecule has 3 rings (SSSR count). The Balaban J connectivity index is 1.61. The number of pyridine rings is 1. The topological polar surface area (TPSA) is 52.6 Å².